The molecule has 10 aromatic carbocycles. The van der Waals surface area contributed by atoms with Gasteiger partial charge in [0.25, 0.3) is 0 Å². The van der Waals surface area contributed by atoms with E-state index in [1.165, 1.54) is 137 Å². The summed E-state index contributed by atoms with van der Waals surface area (Å²) in [6, 6.07) is 81.4. The SMILES string of the molecule is CCCCc1ccc(N2c3cc(-c4c(C)cc(C)cc4C)cc4c3B(c3c2ccc2sc5ccccc5c32)N2c3ccccc3C(c3ccccc3)(c3ccccc3)c3cccc-4c32)c(-c2ccccc2)c1. The molecule has 344 valence electrons. The molecular weight excluding hydrogens is 888 g/mol. The van der Waals surface area contributed by atoms with Gasteiger partial charge < -0.3 is 9.71 Å². The lowest BCUT2D eigenvalue weighted by Crippen LogP contribution is -2.63. The molecule has 0 saturated carbocycles. The van der Waals surface area contributed by atoms with Gasteiger partial charge in [-0.3, -0.25) is 0 Å². The summed E-state index contributed by atoms with van der Waals surface area (Å²) in [5.74, 6) is 0. The van der Waals surface area contributed by atoms with Crippen molar-refractivity contribution in [2.24, 2.45) is 0 Å². The van der Waals surface area contributed by atoms with Crippen molar-refractivity contribution in [2.45, 2.75) is 52.4 Å². The highest BCUT2D eigenvalue weighted by atomic mass is 32.1. The first-order valence-electron chi connectivity index (χ1n) is 25.8. The van der Waals surface area contributed by atoms with Gasteiger partial charge in [-0.15, -0.1) is 11.3 Å². The molecule has 4 heteroatoms. The van der Waals surface area contributed by atoms with Crippen molar-refractivity contribution in [3.63, 3.8) is 0 Å². The lowest BCUT2D eigenvalue weighted by atomic mass is 9.41. The monoisotopic (exact) mass is 940 g/mol. The van der Waals surface area contributed by atoms with E-state index in [-0.39, 0.29) is 6.85 Å². The predicted octanol–water partition coefficient (Wildman–Crippen LogP) is 17.1. The van der Waals surface area contributed by atoms with Crippen LogP contribution in [0.25, 0.3) is 53.6 Å². The largest absolute Gasteiger partial charge is 0.376 e. The summed E-state index contributed by atoms with van der Waals surface area (Å²) in [6.45, 7) is 8.95. The fourth-order valence-electron chi connectivity index (χ4n) is 13.4. The molecule has 3 aliphatic rings. The number of anilines is 5. The lowest BCUT2D eigenvalue weighted by Gasteiger charge is -2.53. The summed E-state index contributed by atoms with van der Waals surface area (Å²) in [5, 5.41) is 2.66. The molecule has 0 bridgehead atoms. The Morgan fingerprint density at radius 1 is 0.486 bits per heavy atom. The van der Waals surface area contributed by atoms with Crippen molar-refractivity contribution in [1.82, 2.24) is 0 Å². The standard InChI is InChI=1S/C68H53BN2S/c1-5-6-21-46-34-35-57(53(40-46)47-22-10-7-11-23-47)70-59-36-37-62-64(52-28-16-19-33-61(52)72-62)66(59)69-65-54(41-48(42-60(65)70)63-44(3)38-43(2)39-45(63)4)51-29-20-31-56-67(51)71(69)58-32-18-17-30-55(58)68(56,49-24-12-8-13-25-49)50-26-14-9-15-27-50/h7-20,22-42H,5-6,21H2,1-4H3. The summed E-state index contributed by atoms with van der Waals surface area (Å²) >= 11 is 1.92. The van der Waals surface area contributed by atoms with Crippen molar-refractivity contribution in [2.75, 3.05) is 9.71 Å². The molecule has 1 aromatic heterocycles. The highest BCUT2D eigenvalue weighted by Crippen LogP contribution is 2.61. The third kappa shape index (κ3) is 6.15. The van der Waals surface area contributed by atoms with Crippen molar-refractivity contribution < 1.29 is 0 Å². The summed E-state index contributed by atoms with van der Waals surface area (Å²) in [4.78, 5) is 5.46. The quantitative estimate of drug-likeness (QED) is 0.140. The first-order chi connectivity index (χ1) is 35.4. The van der Waals surface area contributed by atoms with E-state index < -0.39 is 5.41 Å². The summed E-state index contributed by atoms with van der Waals surface area (Å²) < 4.78 is 2.63. The first kappa shape index (κ1) is 42.9. The maximum atomic E-state index is 2.78. The first-order valence-corrected chi connectivity index (χ1v) is 26.6. The van der Waals surface area contributed by atoms with Gasteiger partial charge in [0.05, 0.1) is 11.1 Å². The average Bonchev–Trinajstić information content (AvgIpc) is 3.82. The Hall–Kier alpha value is -7.92. The number of thiophene rings is 1. The maximum Gasteiger partial charge on any atom is 0.333 e. The molecular formula is C68H53BN2S. The zero-order valence-electron chi connectivity index (χ0n) is 41.2. The van der Waals surface area contributed by atoms with Crippen LogP contribution in [0.5, 0.6) is 0 Å². The number of aryl methyl sites for hydroxylation is 4. The predicted molar refractivity (Wildman–Crippen MR) is 309 cm³/mol. The highest BCUT2D eigenvalue weighted by Gasteiger charge is 2.54. The Bertz CT molecular complexity index is 3900. The summed E-state index contributed by atoms with van der Waals surface area (Å²) in [6.07, 6.45) is 3.37. The minimum atomic E-state index is -0.599. The van der Waals surface area contributed by atoms with Gasteiger partial charge in [-0.2, -0.15) is 0 Å². The van der Waals surface area contributed by atoms with E-state index in [0.717, 1.165) is 19.3 Å². The Labute approximate surface area is 427 Å². The molecule has 0 fully saturated rings. The van der Waals surface area contributed by atoms with Crippen LogP contribution in [0.4, 0.5) is 28.4 Å². The van der Waals surface area contributed by atoms with E-state index in [2.05, 4.69) is 250 Å². The number of nitrogens with zero attached hydrogens (tertiary/aromatic N) is 2. The molecule has 0 aliphatic carbocycles. The summed E-state index contributed by atoms with van der Waals surface area (Å²) in [5.41, 5.74) is 26.2. The maximum absolute atomic E-state index is 2.78. The van der Waals surface area contributed by atoms with Crippen LogP contribution < -0.4 is 20.6 Å². The van der Waals surface area contributed by atoms with Crippen molar-refractivity contribution in [3.8, 4) is 33.4 Å². The van der Waals surface area contributed by atoms with Crippen molar-refractivity contribution in [1.29, 1.82) is 0 Å². The second-order valence-electron chi connectivity index (χ2n) is 20.3. The third-order valence-electron chi connectivity index (χ3n) is 16.1. The Balaban J connectivity index is 1.18. The van der Waals surface area contributed by atoms with Crippen molar-refractivity contribution in [3.05, 3.63) is 257 Å². The minimum Gasteiger partial charge on any atom is -0.376 e. The minimum absolute atomic E-state index is 0.166. The molecule has 11 aromatic rings. The van der Waals surface area contributed by atoms with Gasteiger partial charge in [-0.1, -0.05) is 183 Å². The van der Waals surface area contributed by atoms with Gasteiger partial charge in [-0.05, 0) is 165 Å². The highest BCUT2D eigenvalue weighted by molar-refractivity contribution is 7.26. The lowest BCUT2D eigenvalue weighted by molar-refractivity contribution is 0.734. The van der Waals surface area contributed by atoms with Gasteiger partial charge in [0.2, 0.25) is 0 Å². The van der Waals surface area contributed by atoms with Crippen LogP contribution in [0.2, 0.25) is 0 Å². The average molecular weight is 941 g/mol. The van der Waals surface area contributed by atoms with E-state index in [0.29, 0.717) is 0 Å². The number of hydrogen-bond donors (Lipinski definition) is 0. The molecule has 0 unspecified atom stereocenters. The fourth-order valence-corrected chi connectivity index (χ4v) is 14.5. The smallest absolute Gasteiger partial charge is 0.333 e. The number of para-hydroxylation sites is 2. The van der Waals surface area contributed by atoms with E-state index >= 15 is 0 Å². The Morgan fingerprint density at radius 2 is 1.15 bits per heavy atom. The normalized spacial score (nSPS) is 13.8. The van der Waals surface area contributed by atoms with Crippen LogP contribution in [0, 0.1) is 20.8 Å². The second-order valence-corrected chi connectivity index (χ2v) is 21.4. The van der Waals surface area contributed by atoms with Gasteiger partial charge in [0.1, 0.15) is 0 Å². The van der Waals surface area contributed by atoms with E-state index in [9.17, 15) is 0 Å². The number of rotatable bonds is 8. The van der Waals surface area contributed by atoms with Gasteiger partial charge >= 0.3 is 6.85 Å². The molecule has 72 heavy (non-hydrogen) atoms. The van der Waals surface area contributed by atoms with Crippen LogP contribution in [0.1, 0.15) is 64.3 Å². The molecule has 14 rings (SSSR count). The number of unbranched alkanes of at least 4 members (excludes halogenated alkanes) is 1. The molecule has 0 radical (unpaired) electrons. The second kappa shape index (κ2) is 16.6. The zero-order chi connectivity index (χ0) is 48.2. The van der Waals surface area contributed by atoms with Gasteiger partial charge in [-0.25, -0.2) is 0 Å². The van der Waals surface area contributed by atoms with Crippen LogP contribution in [0.15, 0.2) is 212 Å². The fraction of sp³-hybridized carbons (Fsp3) is 0.118. The molecule has 3 aliphatic heterocycles. The Kier molecular flexibility index (Phi) is 9.89. The number of fused-ring (bicyclic) bond motifs is 10. The zero-order valence-corrected chi connectivity index (χ0v) is 42.0. The van der Waals surface area contributed by atoms with Crippen LogP contribution in [0.3, 0.4) is 0 Å². The van der Waals surface area contributed by atoms with E-state index in [1.54, 1.807) is 0 Å². The molecule has 0 spiro atoms. The molecule has 2 nitrogen and oxygen atoms in total. The number of hydrogen-bond acceptors (Lipinski definition) is 3. The van der Waals surface area contributed by atoms with Crippen LogP contribution in [-0.2, 0) is 11.8 Å². The van der Waals surface area contributed by atoms with Crippen molar-refractivity contribution >= 4 is 77.7 Å². The molecule has 0 atom stereocenters. The van der Waals surface area contributed by atoms with Crippen LogP contribution in [-0.4, -0.2) is 6.85 Å². The molecule has 0 amide bonds. The topological polar surface area (TPSA) is 6.48 Å². The van der Waals surface area contributed by atoms with Gasteiger partial charge in [0, 0.05) is 43.3 Å². The van der Waals surface area contributed by atoms with E-state index in [1.807, 2.05) is 11.3 Å². The molecule has 0 N–H and O–H groups in total. The third-order valence-corrected chi connectivity index (χ3v) is 17.3. The summed E-state index contributed by atoms with van der Waals surface area (Å²) in [7, 11) is 0. The van der Waals surface area contributed by atoms with Crippen LogP contribution >= 0.6 is 11.3 Å². The molecule has 0 saturated heterocycles. The van der Waals surface area contributed by atoms with Gasteiger partial charge in [0.15, 0.2) is 0 Å². The number of benzene rings is 10. The van der Waals surface area contributed by atoms with E-state index in [4.69, 9.17) is 0 Å². The molecule has 4 heterocycles. The Morgan fingerprint density at radius 3 is 1.90 bits per heavy atom.